The maximum absolute atomic E-state index is 13.0. The van der Waals surface area contributed by atoms with Crippen LogP contribution in [0.1, 0.15) is 11.1 Å². The van der Waals surface area contributed by atoms with E-state index in [1.807, 2.05) is 0 Å². The average Bonchev–Trinajstić information content (AvgIpc) is 3.71. The summed E-state index contributed by atoms with van der Waals surface area (Å²) in [6, 6.07) is 11.9. The van der Waals surface area contributed by atoms with E-state index in [0.717, 1.165) is 0 Å². The molecule has 2 aromatic carbocycles. The number of amides is 2. The van der Waals surface area contributed by atoms with Crippen molar-refractivity contribution in [3.05, 3.63) is 59.7 Å². The molecule has 0 spiro atoms. The van der Waals surface area contributed by atoms with E-state index in [4.69, 9.17) is 9.47 Å². The van der Waals surface area contributed by atoms with Crippen molar-refractivity contribution in [1.29, 1.82) is 0 Å². The van der Waals surface area contributed by atoms with Crippen LogP contribution >= 0.6 is 0 Å². The van der Waals surface area contributed by atoms with Crippen LogP contribution in [0.4, 0.5) is 37.7 Å². The number of hydrogen-bond acceptors (Lipinski definition) is 4. The van der Waals surface area contributed by atoms with Gasteiger partial charge in [-0.2, -0.15) is 26.3 Å². The maximum atomic E-state index is 13.0. The highest BCUT2D eigenvalue weighted by Gasteiger charge is 2.45. The summed E-state index contributed by atoms with van der Waals surface area (Å²) in [4.78, 5) is 24.9. The molecule has 35 heavy (non-hydrogen) atoms. The lowest BCUT2D eigenvalue weighted by Crippen LogP contribution is -2.43. The van der Waals surface area contributed by atoms with Crippen molar-refractivity contribution in [2.75, 3.05) is 36.1 Å². The Labute approximate surface area is 196 Å². The molecule has 0 aromatic heterocycles. The smallest absolute Gasteiger partial charge is 0.371 e. The summed E-state index contributed by atoms with van der Waals surface area (Å²) in [5.41, 5.74) is 1.56. The fraction of sp³-hybridized carbons (Fsp3) is 0.391. The van der Waals surface area contributed by atoms with Gasteiger partial charge in [0.2, 0.25) is 0 Å². The molecular formula is C23H20F6N2O4. The molecule has 2 amide bonds. The number of ether oxygens (including phenoxy) is 2. The molecule has 2 fully saturated rings. The molecular weight excluding hydrogens is 482 g/mol. The fourth-order valence-electron chi connectivity index (χ4n) is 3.49. The zero-order valence-corrected chi connectivity index (χ0v) is 18.1. The van der Waals surface area contributed by atoms with Gasteiger partial charge in [-0.3, -0.25) is 9.59 Å². The van der Waals surface area contributed by atoms with E-state index >= 15 is 0 Å². The van der Waals surface area contributed by atoms with Gasteiger partial charge in [-0.25, -0.2) is 0 Å². The van der Waals surface area contributed by atoms with E-state index in [0.29, 0.717) is 27.3 Å². The van der Waals surface area contributed by atoms with Gasteiger partial charge in [0.25, 0.3) is 0 Å². The van der Waals surface area contributed by atoms with E-state index in [-0.39, 0.29) is 37.7 Å². The average molecular weight is 502 g/mol. The van der Waals surface area contributed by atoms with Crippen molar-refractivity contribution < 1.29 is 45.4 Å². The van der Waals surface area contributed by atoms with Gasteiger partial charge in [-0.15, -0.1) is 0 Å². The number of halogens is 6. The molecule has 0 saturated carbocycles. The Morgan fingerprint density at radius 2 is 1.00 bits per heavy atom. The molecule has 2 atom stereocenters. The van der Waals surface area contributed by atoms with Crippen LogP contribution in [-0.2, 0) is 25.5 Å². The predicted molar refractivity (Wildman–Crippen MR) is 112 cm³/mol. The standard InChI is InChI=1S/C23H20F6N2O4/c24-22(25,26)20(32)30(10-18-12-34-18)16-5-1-14(2-6-16)9-15-3-7-17(8-4-15)31(11-19-13-35-19)21(33)23(27,28)29/h1-8,18-19H,9-13H2. The Morgan fingerprint density at radius 1 is 0.686 bits per heavy atom. The second-order valence-corrected chi connectivity index (χ2v) is 8.25. The maximum Gasteiger partial charge on any atom is 0.471 e. The number of epoxide rings is 2. The van der Waals surface area contributed by atoms with Crippen molar-refractivity contribution in [2.24, 2.45) is 0 Å². The van der Waals surface area contributed by atoms with Gasteiger partial charge in [-0.05, 0) is 41.8 Å². The Morgan fingerprint density at radius 3 is 1.26 bits per heavy atom. The van der Waals surface area contributed by atoms with Crippen LogP contribution in [0.2, 0.25) is 0 Å². The van der Waals surface area contributed by atoms with Gasteiger partial charge in [0, 0.05) is 11.4 Å². The monoisotopic (exact) mass is 502 g/mol. The molecule has 2 aliphatic rings. The molecule has 2 unspecified atom stereocenters. The van der Waals surface area contributed by atoms with Crippen LogP contribution in [0.5, 0.6) is 0 Å². The van der Waals surface area contributed by atoms with Crippen molar-refractivity contribution in [3.8, 4) is 0 Å². The van der Waals surface area contributed by atoms with Crippen LogP contribution in [0.15, 0.2) is 48.5 Å². The molecule has 0 radical (unpaired) electrons. The highest BCUT2D eigenvalue weighted by atomic mass is 19.4. The topological polar surface area (TPSA) is 65.7 Å². The SMILES string of the molecule is O=C(N(CC1CO1)c1ccc(Cc2ccc(N(CC3CO3)C(=O)C(F)(F)F)cc2)cc1)C(F)(F)F. The van der Waals surface area contributed by atoms with Crippen LogP contribution in [0, 0.1) is 0 Å². The minimum Gasteiger partial charge on any atom is -0.371 e. The first-order valence-electron chi connectivity index (χ1n) is 10.6. The van der Waals surface area contributed by atoms with Gasteiger partial charge in [0.15, 0.2) is 0 Å². The third-order valence-electron chi connectivity index (χ3n) is 5.46. The third-order valence-corrected chi connectivity index (χ3v) is 5.46. The quantitative estimate of drug-likeness (QED) is 0.406. The second-order valence-electron chi connectivity index (χ2n) is 8.25. The summed E-state index contributed by atoms with van der Waals surface area (Å²) < 4.78 is 87.8. The van der Waals surface area contributed by atoms with Crippen molar-refractivity contribution >= 4 is 23.2 Å². The Bertz CT molecular complexity index is 976. The molecule has 0 bridgehead atoms. The zero-order valence-electron chi connectivity index (χ0n) is 18.1. The zero-order chi connectivity index (χ0) is 25.4. The van der Waals surface area contributed by atoms with Gasteiger partial charge in [0.05, 0.1) is 38.5 Å². The summed E-state index contributed by atoms with van der Waals surface area (Å²) in [6.45, 7) is 0.154. The number of rotatable bonds is 8. The number of carbonyl (C=O) groups is 2. The lowest BCUT2D eigenvalue weighted by molar-refractivity contribution is -0.170. The highest BCUT2D eigenvalue weighted by molar-refractivity contribution is 5.98. The lowest BCUT2D eigenvalue weighted by Gasteiger charge is -2.23. The van der Waals surface area contributed by atoms with Gasteiger partial charge in [-0.1, -0.05) is 24.3 Å². The van der Waals surface area contributed by atoms with Crippen LogP contribution < -0.4 is 9.80 Å². The number of carbonyl (C=O) groups excluding carboxylic acids is 2. The normalized spacial score (nSPS) is 19.3. The van der Waals surface area contributed by atoms with Crippen molar-refractivity contribution in [2.45, 2.75) is 31.0 Å². The van der Waals surface area contributed by atoms with Gasteiger partial charge in [0.1, 0.15) is 0 Å². The molecule has 12 heteroatoms. The summed E-state index contributed by atoms with van der Waals surface area (Å²) in [5, 5.41) is 0. The van der Waals surface area contributed by atoms with Crippen molar-refractivity contribution in [1.82, 2.24) is 0 Å². The molecule has 2 heterocycles. The summed E-state index contributed by atoms with van der Waals surface area (Å²) >= 11 is 0. The first-order chi connectivity index (χ1) is 16.4. The molecule has 2 saturated heterocycles. The molecule has 0 aliphatic carbocycles. The fourth-order valence-corrected chi connectivity index (χ4v) is 3.49. The van der Waals surface area contributed by atoms with Gasteiger partial charge >= 0.3 is 24.2 Å². The molecule has 2 aliphatic heterocycles. The Hall–Kier alpha value is -3.12. The number of benzene rings is 2. The Balaban J connectivity index is 1.45. The molecule has 2 aromatic rings. The van der Waals surface area contributed by atoms with E-state index < -0.39 is 36.4 Å². The number of anilines is 2. The third kappa shape index (κ3) is 6.51. The van der Waals surface area contributed by atoms with E-state index in [1.165, 1.54) is 24.3 Å². The van der Waals surface area contributed by atoms with Crippen LogP contribution in [0.3, 0.4) is 0 Å². The van der Waals surface area contributed by atoms with Crippen LogP contribution in [0.25, 0.3) is 0 Å². The highest BCUT2D eigenvalue weighted by Crippen LogP contribution is 2.29. The lowest BCUT2D eigenvalue weighted by atomic mass is 10.0. The van der Waals surface area contributed by atoms with E-state index in [2.05, 4.69) is 0 Å². The molecule has 6 nitrogen and oxygen atoms in total. The molecule has 0 N–H and O–H groups in total. The van der Waals surface area contributed by atoms with Crippen molar-refractivity contribution in [3.63, 3.8) is 0 Å². The Kier molecular flexibility index (Phi) is 6.78. The summed E-state index contributed by atoms with van der Waals surface area (Å²) in [7, 11) is 0. The molecule has 188 valence electrons. The largest absolute Gasteiger partial charge is 0.471 e. The summed E-state index contributed by atoms with van der Waals surface area (Å²) in [5.74, 6) is -3.96. The van der Waals surface area contributed by atoms with Crippen LogP contribution in [-0.4, -0.2) is 62.7 Å². The summed E-state index contributed by atoms with van der Waals surface area (Å²) in [6.07, 6.45) is -10.6. The number of hydrogen-bond donors (Lipinski definition) is 0. The minimum absolute atomic E-state index is 0.0746. The van der Waals surface area contributed by atoms with E-state index in [1.54, 1.807) is 24.3 Å². The predicted octanol–water partition coefficient (Wildman–Crippen LogP) is 3.87. The number of nitrogens with zero attached hydrogens (tertiary/aromatic N) is 2. The first-order valence-corrected chi connectivity index (χ1v) is 10.6. The van der Waals surface area contributed by atoms with Gasteiger partial charge < -0.3 is 19.3 Å². The minimum atomic E-state index is -5.03. The molecule has 4 rings (SSSR count). The van der Waals surface area contributed by atoms with E-state index in [9.17, 15) is 35.9 Å². The number of alkyl halides is 6. The second kappa shape index (κ2) is 9.50. The first kappa shape index (κ1) is 25.0.